The normalized spacial score (nSPS) is 11.0. The van der Waals surface area contributed by atoms with Crippen LogP contribution in [0.5, 0.6) is 5.75 Å². The molecule has 2 aromatic heterocycles. The van der Waals surface area contributed by atoms with E-state index < -0.39 is 5.97 Å². The highest BCUT2D eigenvalue weighted by atomic mass is 16.4. The summed E-state index contributed by atoms with van der Waals surface area (Å²) in [5, 5.41) is 19.0. The fourth-order valence-corrected chi connectivity index (χ4v) is 2.31. The maximum atomic E-state index is 11.1. The van der Waals surface area contributed by atoms with Gasteiger partial charge < -0.3 is 20.5 Å². The van der Waals surface area contributed by atoms with Crippen molar-refractivity contribution in [2.24, 2.45) is 0 Å². The molecule has 0 aliphatic heterocycles. The van der Waals surface area contributed by atoms with Crippen LogP contribution in [-0.2, 0) is 6.54 Å². The molecule has 0 atom stereocenters. The van der Waals surface area contributed by atoms with E-state index in [-0.39, 0.29) is 23.8 Å². The van der Waals surface area contributed by atoms with E-state index in [0.717, 1.165) is 5.69 Å². The van der Waals surface area contributed by atoms with E-state index in [2.05, 4.69) is 9.97 Å². The van der Waals surface area contributed by atoms with Gasteiger partial charge in [0.1, 0.15) is 11.4 Å². The third kappa shape index (κ3) is 2.32. The van der Waals surface area contributed by atoms with E-state index in [1.165, 1.54) is 12.1 Å². The number of nitrogens with zero attached hydrogens (tertiary/aromatic N) is 3. The summed E-state index contributed by atoms with van der Waals surface area (Å²) in [7, 11) is 0. The van der Waals surface area contributed by atoms with Crippen molar-refractivity contribution in [3.05, 3.63) is 47.3 Å². The van der Waals surface area contributed by atoms with E-state index in [0.29, 0.717) is 16.7 Å². The molecule has 2 heterocycles. The average Bonchev–Trinajstić information content (AvgIpc) is 2.78. The van der Waals surface area contributed by atoms with Crippen molar-refractivity contribution >= 4 is 23.0 Å². The highest BCUT2D eigenvalue weighted by Crippen LogP contribution is 2.23. The number of aryl methyl sites for hydroxylation is 1. The van der Waals surface area contributed by atoms with Gasteiger partial charge in [-0.2, -0.15) is 0 Å². The molecule has 4 N–H and O–H groups in total. The molecule has 1 aromatic carbocycles. The zero-order chi connectivity index (χ0) is 15.9. The molecule has 0 bridgehead atoms. The lowest BCUT2D eigenvalue weighted by Gasteiger charge is -2.09. The number of fused-ring (bicyclic) bond motifs is 1. The Balaban J connectivity index is 2.13. The highest BCUT2D eigenvalue weighted by molar-refractivity contribution is 5.93. The van der Waals surface area contributed by atoms with E-state index in [9.17, 15) is 9.90 Å². The van der Waals surface area contributed by atoms with Crippen LogP contribution in [0.25, 0.3) is 11.0 Å². The fourth-order valence-electron chi connectivity index (χ4n) is 2.31. The third-order valence-electron chi connectivity index (χ3n) is 3.42. The summed E-state index contributed by atoms with van der Waals surface area (Å²) >= 11 is 0. The number of carbonyl (C=O) groups is 1. The van der Waals surface area contributed by atoms with Gasteiger partial charge in [-0.05, 0) is 37.3 Å². The Kier molecular flexibility index (Phi) is 3.17. The first-order chi connectivity index (χ1) is 10.5. The topological polar surface area (TPSA) is 114 Å². The predicted octanol–water partition coefficient (Wildman–Crippen LogP) is 1.77. The lowest BCUT2D eigenvalue weighted by molar-refractivity contribution is 0.0697. The first-order valence-corrected chi connectivity index (χ1v) is 6.60. The molecule has 0 fully saturated rings. The summed E-state index contributed by atoms with van der Waals surface area (Å²) in [6.07, 6.45) is 0. The number of imidazole rings is 1. The van der Waals surface area contributed by atoms with Gasteiger partial charge in [0, 0.05) is 5.69 Å². The Morgan fingerprint density at radius 2 is 2.05 bits per heavy atom. The van der Waals surface area contributed by atoms with Gasteiger partial charge >= 0.3 is 5.97 Å². The number of aromatic hydroxyl groups is 1. The predicted molar refractivity (Wildman–Crippen MR) is 80.8 cm³/mol. The SMILES string of the molecule is Cc1ccc(O)c(Cn2c(N)nc3ccc(C(=O)O)cc32)n1. The van der Waals surface area contributed by atoms with Crippen molar-refractivity contribution in [2.75, 3.05) is 5.73 Å². The van der Waals surface area contributed by atoms with Crippen molar-refractivity contribution in [1.82, 2.24) is 14.5 Å². The summed E-state index contributed by atoms with van der Waals surface area (Å²) in [4.78, 5) is 19.6. The van der Waals surface area contributed by atoms with Crippen molar-refractivity contribution in [2.45, 2.75) is 13.5 Å². The number of nitrogen functional groups attached to an aromatic ring is 1. The maximum Gasteiger partial charge on any atom is 0.335 e. The number of aromatic nitrogens is 3. The molecule has 0 aliphatic rings. The van der Waals surface area contributed by atoms with Crippen molar-refractivity contribution < 1.29 is 15.0 Å². The van der Waals surface area contributed by atoms with Crippen LogP contribution in [0.15, 0.2) is 30.3 Å². The average molecular weight is 298 g/mol. The fraction of sp³-hybridized carbons (Fsp3) is 0.133. The summed E-state index contributed by atoms with van der Waals surface area (Å²) in [5.74, 6) is -0.730. The molecule has 0 radical (unpaired) electrons. The second-order valence-corrected chi connectivity index (χ2v) is 4.98. The van der Waals surface area contributed by atoms with Gasteiger partial charge in [0.15, 0.2) is 0 Å². The minimum absolute atomic E-state index is 0.0567. The van der Waals surface area contributed by atoms with Crippen molar-refractivity contribution in [3.63, 3.8) is 0 Å². The molecule has 3 rings (SSSR count). The number of anilines is 1. The summed E-state index contributed by atoms with van der Waals surface area (Å²) in [5.41, 5.74) is 8.45. The molecule has 112 valence electrons. The number of aromatic carboxylic acids is 1. The standard InChI is InChI=1S/C15H14N4O3/c1-8-2-5-13(20)11(17-8)7-19-12-6-9(14(21)22)3-4-10(12)18-15(19)16/h2-6,20H,7H2,1H3,(H2,16,18)(H,21,22). The molecule has 7 nitrogen and oxygen atoms in total. The molecular formula is C15H14N4O3. The van der Waals surface area contributed by atoms with Gasteiger partial charge in [-0.25, -0.2) is 9.78 Å². The number of pyridine rings is 1. The van der Waals surface area contributed by atoms with Gasteiger partial charge in [-0.1, -0.05) is 0 Å². The Morgan fingerprint density at radius 3 is 2.77 bits per heavy atom. The lowest BCUT2D eigenvalue weighted by atomic mass is 10.2. The van der Waals surface area contributed by atoms with Crippen LogP contribution in [0, 0.1) is 6.92 Å². The molecule has 0 amide bonds. The zero-order valence-corrected chi connectivity index (χ0v) is 11.8. The minimum atomic E-state index is -1.02. The van der Waals surface area contributed by atoms with Gasteiger partial charge in [0.25, 0.3) is 0 Å². The molecule has 0 unspecified atom stereocenters. The summed E-state index contributed by atoms with van der Waals surface area (Å²) in [6.45, 7) is 2.03. The Bertz CT molecular complexity index is 886. The van der Waals surface area contributed by atoms with Crippen molar-refractivity contribution in [3.8, 4) is 5.75 Å². The van der Waals surface area contributed by atoms with Gasteiger partial charge in [-0.3, -0.25) is 4.98 Å². The number of carboxylic acid groups (broad SMARTS) is 1. The monoisotopic (exact) mass is 298 g/mol. The zero-order valence-electron chi connectivity index (χ0n) is 11.8. The van der Waals surface area contributed by atoms with Crippen LogP contribution in [0.3, 0.4) is 0 Å². The molecule has 0 saturated carbocycles. The van der Waals surface area contributed by atoms with Crippen molar-refractivity contribution in [1.29, 1.82) is 0 Å². The first-order valence-electron chi connectivity index (χ1n) is 6.60. The number of carboxylic acids is 1. The van der Waals surface area contributed by atoms with Crippen LogP contribution in [0.4, 0.5) is 5.95 Å². The van der Waals surface area contributed by atoms with E-state index in [1.54, 1.807) is 22.8 Å². The minimum Gasteiger partial charge on any atom is -0.506 e. The Hall–Kier alpha value is -3.09. The molecule has 0 spiro atoms. The van der Waals surface area contributed by atoms with Crippen LogP contribution in [0.1, 0.15) is 21.7 Å². The molecule has 7 heteroatoms. The highest BCUT2D eigenvalue weighted by Gasteiger charge is 2.14. The summed E-state index contributed by atoms with van der Waals surface area (Å²) < 4.78 is 1.63. The van der Waals surface area contributed by atoms with E-state index in [4.69, 9.17) is 10.8 Å². The Labute approximate surface area is 125 Å². The number of benzene rings is 1. The summed E-state index contributed by atoms with van der Waals surface area (Å²) in [6, 6.07) is 7.86. The van der Waals surface area contributed by atoms with Gasteiger partial charge in [0.2, 0.25) is 5.95 Å². The van der Waals surface area contributed by atoms with Crippen LogP contribution in [0.2, 0.25) is 0 Å². The maximum absolute atomic E-state index is 11.1. The van der Waals surface area contributed by atoms with Gasteiger partial charge in [-0.15, -0.1) is 0 Å². The largest absolute Gasteiger partial charge is 0.506 e. The number of hydrogen-bond donors (Lipinski definition) is 3. The lowest BCUT2D eigenvalue weighted by Crippen LogP contribution is -2.07. The van der Waals surface area contributed by atoms with Crippen LogP contribution < -0.4 is 5.73 Å². The smallest absolute Gasteiger partial charge is 0.335 e. The molecule has 3 aromatic rings. The second-order valence-electron chi connectivity index (χ2n) is 4.98. The first kappa shape index (κ1) is 13.9. The van der Waals surface area contributed by atoms with Crippen LogP contribution >= 0.6 is 0 Å². The second kappa shape index (κ2) is 5.03. The quantitative estimate of drug-likeness (QED) is 0.679. The van der Waals surface area contributed by atoms with E-state index in [1.807, 2.05) is 6.92 Å². The molecule has 0 saturated heterocycles. The molecular weight excluding hydrogens is 284 g/mol. The number of nitrogens with two attached hydrogens (primary N) is 1. The number of hydrogen-bond acceptors (Lipinski definition) is 5. The molecule has 22 heavy (non-hydrogen) atoms. The number of rotatable bonds is 3. The van der Waals surface area contributed by atoms with Crippen LogP contribution in [-0.4, -0.2) is 30.7 Å². The van der Waals surface area contributed by atoms with E-state index >= 15 is 0 Å². The molecule has 0 aliphatic carbocycles. The Morgan fingerprint density at radius 1 is 1.27 bits per heavy atom. The third-order valence-corrected chi connectivity index (χ3v) is 3.42. The van der Waals surface area contributed by atoms with Gasteiger partial charge in [0.05, 0.1) is 23.1 Å².